The first-order valence-corrected chi connectivity index (χ1v) is 7.27. The van der Waals surface area contributed by atoms with Crippen LogP contribution in [-0.2, 0) is 6.54 Å². The standard InChI is InChI=1S/C17H12N4O3/c22-16-11-5-1-2-6-13(11)24-17(23)12(16)9-18-10-15-20-19-14-7-3-4-8-21(14)15/h1-9,22H,10H2. The Morgan fingerprint density at radius 1 is 1.17 bits per heavy atom. The number of para-hydroxylation sites is 1. The molecule has 0 aliphatic heterocycles. The Hall–Kier alpha value is -3.48. The highest BCUT2D eigenvalue weighted by molar-refractivity contribution is 5.93. The molecule has 3 heterocycles. The zero-order chi connectivity index (χ0) is 16.5. The van der Waals surface area contributed by atoms with Crippen LogP contribution in [0.15, 0.2) is 62.9 Å². The molecule has 7 heteroatoms. The first-order chi connectivity index (χ1) is 11.7. The van der Waals surface area contributed by atoms with E-state index in [2.05, 4.69) is 15.2 Å². The van der Waals surface area contributed by atoms with Crippen LogP contribution in [0.5, 0.6) is 5.75 Å². The van der Waals surface area contributed by atoms with E-state index >= 15 is 0 Å². The lowest BCUT2D eigenvalue weighted by Gasteiger charge is -2.02. The predicted octanol–water partition coefficient (Wildman–Crippen LogP) is 2.16. The summed E-state index contributed by atoms with van der Waals surface area (Å²) in [6.07, 6.45) is 3.14. The molecule has 3 aromatic heterocycles. The molecule has 0 saturated heterocycles. The predicted molar refractivity (Wildman–Crippen MR) is 88.4 cm³/mol. The van der Waals surface area contributed by atoms with Crippen molar-refractivity contribution in [1.29, 1.82) is 0 Å². The number of fused-ring (bicyclic) bond motifs is 2. The fourth-order valence-electron chi connectivity index (χ4n) is 2.48. The number of aliphatic imine (C=N–C) groups is 1. The van der Waals surface area contributed by atoms with Crippen LogP contribution in [0.3, 0.4) is 0 Å². The highest BCUT2D eigenvalue weighted by atomic mass is 16.4. The summed E-state index contributed by atoms with van der Waals surface area (Å²) in [6.45, 7) is 0.219. The normalized spacial score (nSPS) is 11.7. The van der Waals surface area contributed by atoms with Crippen molar-refractivity contribution < 1.29 is 9.52 Å². The van der Waals surface area contributed by atoms with Gasteiger partial charge < -0.3 is 9.52 Å². The molecule has 1 aromatic carbocycles. The lowest BCUT2D eigenvalue weighted by atomic mass is 10.1. The number of pyridine rings is 1. The van der Waals surface area contributed by atoms with Gasteiger partial charge in [0.25, 0.3) is 0 Å². The van der Waals surface area contributed by atoms with Crippen LogP contribution in [0, 0.1) is 0 Å². The molecule has 0 aliphatic rings. The van der Waals surface area contributed by atoms with Gasteiger partial charge in [0.2, 0.25) is 0 Å². The van der Waals surface area contributed by atoms with E-state index in [-0.39, 0.29) is 17.9 Å². The average molecular weight is 320 g/mol. The van der Waals surface area contributed by atoms with Crippen molar-refractivity contribution in [2.75, 3.05) is 0 Å². The quantitative estimate of drug-likeness (QED) is 0.461. The summed E-state index contributed by atoms with van der Waals surface area (Å²) in [5.74, 6) is 0.489. The minimum Gasteiger partial charge on any atom is -0.506 e. The van der Waals surface area contributed by atoms with Gasteiger partial charge in [-0.2, -0.15) is 0 Å². The van der Waals surface area contributed by atoms with Crippen molar-refractivity contribution in [1.82, 2.24) is 14.6 Å². The second-order valence-electron chi connectivity index (χ2n) is 5.16. The van der Waals surface area contributed by atoms with Crippen LogP contribution >= 0.6 is 0 Å². The Bertz CT molecular complexity index is 1130. The molecule has 4 aromatic rings. The van der Waals surface area contributed by atoms with Crippen molar-refractivity contribution in [3.05, 3.63) is 70.5 Å². The lowest BCUT2D eigenvalue weighted by molar-refractivity contribution is 0.466. The van der Waals surface area contributed by atoms with Crippen molar-refractivity contribution in [3.63, 3.8) is 0 Å². The molecular weight excluding hydrogens is 308 g/mol. The van der Waals surface area contributed by atoms with Crippen molar-refractivity contribution in [2.45, 2.75) is 6.54 Å². The molecule has 4 rings (SSSR count). The highest BCUT2D eigenvalue weighted by Crippen LogP contribution is 2.24. The topological polar surface area (TPSA) is 93.0 Å². The molecule has 0 atom stereocenters. The van der Waals surface area contributed by atoms with E-state index in [0.717, 1.165) is 5.65 Å². The molecule has 0 aliphatic carbocycles. The summed E-state index contributed by atoms with van der Waals surface area (Å²) in [4.78, 5) is 16.2. The molecule has 0 bridgehead atoms. The molecule has 0 radical (unpaired) electrons. The van der Waals surface area contributed by atoms with Crippen LogP contribution in [0.2, 0.25) is 0 Å². The van der Waals surface area contributed by atoms with Crippen LogP contribution < -0.4 is 5.63 Å². The van der Waals surface area contributed by atoms with Crippen molar-refractivity contribution in [2.24, 2.45) is 4.99 Å². The first-order valence-electron chi connectivity index (χ1n) is 7.27. The minimum absolute atomic E-state index is 0.0162. The monoisotopic (exact) mass is 320 g/mol. The van der Waals surface area contributed by atoms with E-state index in [1.165, 1.54) is 6.21 Å². The van der Waals surface area contributed by atoms with E-state index < -0.39 is 5.63 Å². The molecular formula is C17H12N4O3. The van der Waals surface area contributed by atoms with Gasteiger partial charge in [0.05, 0.1) is 11.9 Å². The first kappa shape index (κ1) is 14.1. The Morgan fingerprint density at radius 2 is 2.00 bits per heavy atom. The maximum absolute atomic E-state index is 12.0. The Kier molecular flexibility index (Phi) is 3.31. The molecule has 1 N–H and O–H groups in total. The fourth-order valence-corrected chi connectivity index (χ4v) is 2.48. The summed E-state index contributed by atoms with van der Waals surface area (Å²) < 4.78 is 7.00. The molecule has 0 amide bonds. The highest BCUT2D eigenvalue weighted by Gasteiger charge is 2.11. The largest absolute Gasteiger partial charge is 0.506 e. The summed E-state index contributed by atoms with van der Waals surface area (Å²) in [5.41, 5.74) is 0.430. The van der Waals surface area contributed by atoms with Gasteiger partial charge in [-0.3, -0.25) is 9.39 Å². The van der Waals surface area contributed by atoms with Gasteiger partial charge in [-0.05, 0) is 24.3 Å². The van der Waals surface area contributed by atoms with Crippen molar-refractivity contribution >= 4 is 22.8 Å². The molecule has 0 unspecified atom stereocenters. The van der Waals surface area contributed by atoms with E-state index in [0.29, 0.717) is 16.8 Å². The second kappa shape index (κ2) is 5.62. The lowest BCUT2D eigenvalue weighted by Crippen LogP contribution is -2.07. The second-order valence-corrected chi connectivity index (χ2v) is 5.16. The van der Waals surface area contributed by atoms with E-state index in [4.69, 9.17) is 4.42 Å². The Morgan fingerprint density at radius 3 is 2.92 bits per heavy atom. The number of aromatic hydroxyl groups is 1. The van der Waals surface area contributed by atoms with Crippen molar-refractivity contribution in [3.8, 4) is 5.75 Å². The third-order valence-corrected chi connectivity index (χ3v) is 3.66. The third kappa shape index (κ3) is 2.32. The molecule has 0 fully saturated rings. The summed E-state index contributed by atoms with van der Waals surface area (Å²) in [7, 11) is 0. The number of aromatic nitrogens is 3. The molecule has 0 saturated carbocycles. The number of rotatable bonds is 3. The van der Waals surface area contributed by atoms with Gasteiger partial charge in [-0.1, -0.05) is 18.2 Å². The summed E-state index contributed by atoms with van der Waals surface area (Å²) in [5, 5.41) is 18.8. The zero-order valence-corrected chi connectivity index (χ0v) is 12.5. The number of hydrogen-bond acceptors (Lipinski definition) is 6. The number of hydrogen-bond donors (Lipinski definition) is 1. The van der Waals surface area contributed by atoms with E-state index in [9.17, 15) is 9.90 Å². The molecule has 7 nitrogen and oxygen atoms in total. The van der Waals surface area contributed by atoms with E-state index in [1.54, 1.807) is 28.7 Å². The Balaban J connectivity index is 1.69. The van der Waals surface area contributed by atoms with Crippen LogP contribution in [0.4, 0.5) is 0 Å². The fraction of sp³-hybridized carbons (Fsp3) is 0.0588. The van der Waals surface area contributed by atoms with Gasteiger partial charge in [-0.25, -0.2) is 4.79 Å². The average Bonchev–Trinajstić information content (AvgIpc) is 3.01. The van der Waals surface area contributed by atoms with Gasteiger partial charge in [0.1, 0.15) is 16.9 Å². The Labute approximate surface area is 135 Å². The SMILES string of the molecule is O=c1oc2ccccc2c(O)c1C=NCc1nnc2ccccn12. The molecule has 24 heavy (non-hydrogen) atoms. The maximum atomic E-state index is 12.0. The van der Waals surface area contributed by atoms with Gasteiger partial charge in [0.15, 0.2) is 11.5 Å². The molecule has 0 spiro atoms. The van der Waals surface area contributed by atoms with Crippen LogP contribution in [0.1, 0.15) is 11.4 Å². The number of nitrogens with zero attached hydrogens (tertiary/aromatic N) is 4. The summed E-state index contributed by atoms with van der Waals surface area (Å²) in [6, 6.07) is 12.4. The van der Waals surface area contributed by atoms with Gasteiger partial charge in [-0.15, -0.1) is 10.2 Å². The number of benzene rings is 1. The minimum atomic E-state index is -0.638. The smallest absolute Gasteiger partial charge is 0.348 e. The van der Waals surface area contributed by atoms with Crippen LogP contribution in [0.25, 0.3) is 16.6 Å². The van der Waals surface area contributed by atoms with Gasteiger partial charge in [0, 0.05) is 12.4 Å². The summed E-state index contributed by atoms with van der Waals surface area (Å²) >= 11 is 0. The molecule has 118 valence electrons. The zero-order valence-electron chi connectivity index (χ0n) is 12.5. The van der Waals surface area contributed by atoms with Gasteiger partial charge >= 0.3 is 5.63 Å². The van der Waals surface area contributed by atoms with E-state index in [1.807, 2.05) is 24.4 Å². The third-order valence-electron chi connectivity index (χ3n) is 3.66. The van der Waals surface area contributed by atoms with Crippen LogP contribution in [-0.4, -0.2) is 25.9 Å². The maximum Gasteiger partial charge on any atom is 0.348 e.